The standard InChI is InChI=1S/C45H26FN5.Pt/c46-42(29-19-20-32-33-14-4-6-17-38(33)49-25-24-48-44(49)37(32)27-29)28-10-8-13-31(26-28)51-43-34(35-16-9-23-47-45(35)51)21-22-40-41(43)36-15-5-7-18-39(36)50(40)30-11-2-1-3-12-30;/h1-25,42H;/q-2;+2. The van der Waals surface area contributed by atoms with Gasteiger partial charge in [-0.05, 0) is 47.9 Å². The van der Waals surface area contributed by atoms with Crippen molar-refractivity contribution in [1.82, 2.24) is 23.5 Å². The third-order valence-electron chi connectivity index (χ3n) is 10.2. The summed E-state index contributed by atoms with van der Waals surface area (Å²) in [6.07, 6.45) is 4.07. The van der Waals surface area contributed by atoms with Crippen molar-refractivity contribution >= 4 is 71.1 Å². The van der Waals surface area contributed by atoms with Gasteiger partial charge in [0.15, 0.2) is 0 Å². The molecule has 0 radical (unpaired) electrons. The number of hydrogen-bond acceptors (Lipinski definition) is 2. The molecule has 11 aromatic rings. The van der Waals surface area contributed by atoms with Gasteiger partial charge in [-0.1, -0.05) is 82.7 Å². The summed E-state index contributed by atoms with van der Waals surface area (Å²) in [4.78, 5) is 9.52. The van der Waals surface area contributed by atoms with E-state index >= 15 is 4.39 Å². The van der Waals surface area contributed by atoms with Crippen LogP contribution in [-0.2, 0) is 21.1 Å². The monoisotopic (exact) mass is 850 g/mol. The fourth-order valence-electron chi connectivity index (χ4n) is 8.05. The Morgan fingerprint density at radius 3 is 2.13 bits per heavy atom. The Kier molecular flexibility index (Phi) is 6.92. The van der Waals surface area contributed by atoms with Crippen molar-refractivity contribution in [2.45, 2.75) is 6.17 Å². The zero-order chi connectivity index (χ0) is 33.6. The van der Waals surface area contributed by atoms with Gasteiger partial charge in [-0.15, -0.1) is 29.8 Å². The van der Waals surface area contributed by atoms with Gasteiger partial charge in [-0.3, -0.25) is 4.98 Å². The van der Waals surface area contributed by atoms with Gasteiger partial charge in [0.1, 0.15) is 11.8 Å². The zero-order valence-electron chi connectivity index (χ0n) is 27.4. The minimum Gasteiger partial charge on any atom is -0.340 e. The van der Waals surface area contributed by atoms with Gasteiger partial charge in [0.05, 0.1) is 22.2 Å². The Bertz CT molecular complexity index is 3180. The Labute approximate surface area is 311 Å². The third-order valence-corrected chi connectivity index (χ3v) is 10.2. The summed E-state index contributed by atoms with van der Waals surface area (Å²) < 4.78 is 23.3. The van der Waals surface area contributed by atoms with Crippen LogP contribution in [0.5, 0.6) is 0 Å². The van der Waals surface area contributed by atoms with Crippen LogP contribution in [0.1, 0.15) is 17.3 Å². The van der Waals surface area contributed by atoms with Gasteiger partial charge in [0.25, 0.3) is 0 Å². The average Bonchev–Trinajstić information content (AvgIpc) is 3.91. The molecule has 0 aliphatic carbocycles. The van der Waals surface area contributed by atoms with Gasteiger partial charge in [0.2, 0.25) is 0 Å². The van der Waals surface area contributed by atoms with Crippen molar-refractivity contribution in [3.63, 3.8) is 0 Å². The largest absolute Gasteiger partial charge is 2.00 e. The average molecular weight is 851 g/mol. The summed E-state index contributed by atoms with van der Waals surface area (Å²) in [6.45, 7) is 0. The van der Waals surface area contributed by atoms with Crippen molar-refractivity contribution in [3.05, 3.63) is 175 Å². The molecule has 0 bridgehead atoms. The number of para-hydroxylation sites is 3. The molecule has 5 aromatic heterocycles. The summed E-state index contributed by atoms with van der Waals surface area (Å²) in [5, 5.41) is 7.21. The van der Waals surface area contributed by atoms with E-state index in [-0.39, 0.29) is 21.1 Å². The summed E-state index contributed by atoms with van der Waals surface area (Å²) >= 11 is 0. The van der Waals surface area contributed by atoms with Crippen LogP contribution in [0.25, 0.3) is 82.4 Å². The van der Waals surface area contributed by atoms with Crippen LogP contribution in [0.4, 0.5) is 4.39 Å². The molecule has 248 valence electrons. The molecule has 1 atom stereocenters. The first-order valence-corrected chi connectivity index (χ1v) is 17.0. The number of halogens is 1. The fourth-order valence-corrected chi connectivity index (χ4v) is 8.05. The second-order valence-electron chi connectivity index (χ2n) is 12.9. The molecule has 0 saturated heterocycles. The molecule has 0 fully saturated rings. The second-order valence-corrected chi connectivity index (χ2v) is 12.9. The van der Waals surface area contributed by atoms with E-state index in [1.54, 1.807) is 12.3 Å². The molecule has 0 aliphatic heterocycles. The molecule has 1 unspecified atom stereocenters. The van der Waals surface area contributed by atoms with Gasteiger partial charge < -0.3 is 13.5 Å². The van der Waals surface area contributed by atoms with Crippen LogP contribution in [0.3, 0.4) is 0 Å². The topological polar surface area (TPSA) is 40.0 Å². The summed E-state index contributed by atoms with van der Waals surface area (Å²) in [5.41, 5.74) is 8.49. The molecule has 6 aromatic carbocycles. The van der Waals surface area contributed by atoms with E-state index in [1.807, 2.05) is 65.3 Å². The van der Waals surface area contributed by atoms with Crippen LogP contribution in [0.2, 0.25) is 0 Å². The van der Waals surface area contributed by atoms with Crippen LogP contribution >= 0.6 is 0 Å². The molecule has 5 nitrogen and oxygen atoms in total. The minimum atomic E-state index is -1.46. The number of imidazole rings is 1. The SMILES string of the molecule is FC(c1[c-]c(-n2c3ncccc3c3ccc4c(c5ccccc5n4-c4ccccc4)c32)ccc1)c1[c-]c2c(cc1)c1ccccc1n1ccnc21.[Pt+2]. The van der Waals surface area contributed by atoms with Crippen LogP contribution in [0, 0.1) is 12.1 Å². The van der Waals surface area contributed by atoms with E-state index in [0.717, 1.165) is 82.4 Å². The van der Waals surface area contributed by atoms with Crippen molar-refractivity contribution in [2.24, 2.45) is 0 Å². The number of aromatic nitrogens is 5. The molecule has 0 aliphatic rings. The predicted molar refractivity (Wildman–Crippen MR) is 204 cm³/mol. The maximum atomic E-state index is 16.8. The number of alkyl halides is 1. The molecule has 7 heteroatoms. The normalized spacial score (nSPS) is 12.5. The molecule has 11 rings (SSSR count). The van der Waals surface area contributed by atoms with Crippen molar-refractivity contribution < 1.29 is 25.5 Å². The smallest absolute Gasteiger partial charge is 0.340 e. The number of benzene rings is 6. The first-order valence-electron chi connectivity index (χ1n) is 17.0. The quantitative estimate of drug-likeness (QED) is 0.131. The number of fused-ring (bicyclic) bond motifs is 13. The summed E-state index contributed by atoms with van der Waals surface area (Å²) in [6, 6.07) is 52.1. The first kappa shape index (κ1) is 30.7. The van der Waals surface area contributed by atoms with E-state index in [9.17, 15) is 0 Å². The van der Waals surface area contributed by atoms with Gasteiger partial charge >= 0.3 is 21.1 Å². The van der Waals surface area contributed by atoms with Gasteiger partial charge in [-0.25, -0.2) is 9.37 Å². The maximum absolute atomic E-state index is 16.8. The van der Waals surface area contributed by atoms with E-state index < -0.39 is 6.17 Å². The number of hydrogen-bond donors (Lipinski definition) is 0. The van der Waals surface area contributed by atoms with Crippen molar-refractivity contribution in [3.8, 4) is 11.4 Å². The van der Waals surface area contributed by atoms with E-state index in [2.05, 4.69) is 105 Å². The number of nitrogens with zero attached hydrogens (tertiary/aromatic N) is 5. The van der Waals surface area contributed by atoms with Crippen LogP contribution in [-0.4, -0.2) is 23.5 Å². The maximum Gasteiger partial charge on any atom is 2.00 e. The number of rotatable bonds is 4. The van der Waals surface area contributed by atoms with Gasteiger partial charge in [-0.2, -0.15) is 18.2 Å². The van der Waals surface area contributed by atoms with Crippen LogP contribution in [0.15, 0.2) is 152 Å². The van der Waals surface area contributed by atoms with E-state index in [0.29, 0.717) is 11.1 Å². The van der Waals surface area contributed by atoms with Crippen molar-refractivity contribution in [1.29, 1.82) is 0 Å². The zero-order valence-corrected chi connectivity index (χ0v) is 29.7. The van der Waals surface area contributed by atoms with E-state index in [4.69, 9.17) is 4.98 Å². The Hall–Kier alpha value is -6.10. The van der Waals surface area contributed by atoms with Gasteiger partial charge in [0, 0.05) is 51.3 Å². The summed E-state index contributed by atoms with van der Waals surface area (Å²) in [7, 11) is 0. The summed E-state index contributed by atoms with van der Waals surface area (Å²) in [5.74, 6) is 0. The first-order chi connectivity index (χ1) is 25.2. The molecule has 52 heavy (non-hydrogen) atoms. The molecule has 0 N–H and O–H groups in total. The molecule has 0 saturated carbocycles. The molecule has 0 spiro atoms. The Morgan fingerprint density at radius 2 is 1.25 bits per heavy atom. The molecule has 5 heterocycles. The minimum absolute atomic E-state index is 0. The van der Waals surface area contributed by atoms with Crippen LogP contribution < -0.4 is 0 Å². The Morgan fingerprint density at radius 1 is 0.519 bits per heavy atom. The van der Waals surface area contributed by atoms with E-state index in [1.165, 1.54) is 0 Å². The van der Waals surface area contributed by atoms with Crippen molar-refractivity contribution in [2.75, 3.05) is 0 Å². The Balaban J connectivity index is 0.00000338. The second kappa shape index (κ2) is 11.7. The third kappa shape index (κ3) is 4.31. The molecular formula is C45H26FN5Pt. The predicted octanol–water partition coefficient (Wildman–Crippen LogP) is 10.9. The molecular weight excluding hydrogens is 825 g/mol. The molecule has 0 amide bonds. The fraction of sp³-hybridized carbons (Fsp3) is 0.0222. The number of pyridine rings is 2.